The summed E-state index contributed by atoms with van der Waals surface area (Å²) >= 11 is 0. The molecule has 0 radical (unpaired) electrons. The van der Waals surface area contributed by atoms with Crippen molar-refractivity contribution in [3.63, 3.8) is 0 Å². The number of methoxy groups -OCH3 is 1. The average molecular weight is 256 g/mol. The van der Waals surface area contributed by atoms with Crippen LogP contribution in [0.25, 0.3) is 0 Å². The molecule has 1 N–H and O–H groups in total. The van der Waals surface area contributed by atoms with Gasteiger partial charge in [-0.3, -0.25) is 0 Å². The first-order valence-electron chi connectivity index (χ1n) is 6.44. The smallest absolute Gasteiger partial charge is 0.119 e. The Bertz CT molecular complexity index is 541. The van der Waals surface area contributed by atoms with E-state index in [1.54, 1.807) is 7.11 Å². The van der Waals surface area contributed by atoms with Crippen molar-refractivity contribution in [1.29, 1.82) is 0 Å². The number of ether oxygens (including phenoxy) is 1. The lowest BCUT2D eigenvalue weighted by Crippen LogP contribution is -2.24. The molecule has 0 heterocycles. The Kier molecular flexibility index (Phi) is 3.91. The fraction of sp³-hybridized carbons (Fsp3) is 0.294. The summed E-state index contributed by atoms with van der Waals surface area (Å²) in [6.07, 6.45) is 0.563. The molecule has 0 aliphatic carbocycles. The van der Waals surface area contributed by atoms with E-state index < -0.39 is 5.60 Å². The molecule has 2 rings (SSSR count). The minimum atomic E-state index is -0.875. The summed E-state index contributed by atoms with van der Waals surface area (Å²) in [5.74, 6) is 0.817. The van der Waals surface area contributed by atoms with E-state index in [1.807, 2.05) is 62.4 Å². The second kappa shape index (κ2) is 5.45. The lowest BCUT2D eigenvalue weighted by Gasteiger charge is -2.24. The molecule has 2 heteroatoms. The van der Waals surface area contributed by atoms with E-state index in [-0.39, 0.29) is 0 Å². The third kappa shape index (κ3) is 3.36. The van der Waals surface area contributed by atoms with Gasteiger partial charge in [-0.15, -0.1) is 0 Å². The van der Waals surface area contributed by atoms with E-state index in [1.165, 1.54) is 5.56 Å². The first kappa shape index (κ1) is 13.6. The average Bonchev–Trinajstić information content (AvgIpc) is 2.39. The number of hydrogen-bond donors (Lipinski definition) is 1. The summed E-state index contributed by atoms with van der Waals surface area (Å²) in [4.78, 5) is 0. The predicted molar refractivity (Wildman–Crippen MR) is 77.4 cm³/mol. The van der Waals surface area contributed by atoms with Gasteiger partial charge in [0.25, 0.3) is 0 Å². The minimum Gasteiger partial charge on any atom is -0.497 e. The molecular formula is C17H20O2. The third-order valence-corrected chi connectivity index (χ3v) is 3.36. The molecular weight excluding hydrogens is 236 g/mol. The van der Waals surface area contributed by atoms with Crippen LogP contribution in [-0.2, 0) is 12.0 Å². The molecule has 0 saturated heterocycles. The van der Waals surface area contributed by atoms with E-state index in [0.29, 0.717) is 6.42 Å². The lowest BCUT2D eigenvalue weighted by atomic mass is 9.88. The number of hydrogen-bond acceptors (Lipinski definition) is 2. The molecule has 19 heavy (non-hydrogen) atoms. The second-order valence-electron chi connectivity index (χ2n) is 5.17. The highest BCUT2D eigenvalue weighted by Gasteiger charge is 2.23. The van der Waals surface area contributed by atoms with Crippen LogP contribution in [0.3, 0.4) is 0 Å². The Morgan fingerprint density at radius 1 is 1.11 bits per heavy atom. The van der Waals surface area contributed by atoms with Gasteiger partial charge in [0.1, 0.15) is 5.75 Å². The SMILES string of the molecule is COc1cccc(CC(C)(O)c2ccc(C)cc2)c1. The highest BCUT2D eigenvalue weighted by Crippen LogP contribution is 2.26. The Balaban J connectivity index is 2.22. The number of aryl methyl sites for hydroxylation is 1. The summed E-state index contributed by atoms with van der Waals surface area (Å²) in [6.45, 7) is 3.89. The van der Waals surface area contributed by atoms with Gasteiger partial charge in [-0.2, -0.15) is 0 Å². The Labute approximate surface area is 114 Å². The van der Waals surface area contributed by atoms with Crippen LogP contribution < -0.4 is 4.74 Å². The molecule has 2 nitrogen and oxygen atoms in total. The zero-order valence-corrected chi connectivity index (χ0v) is 11.7. The molecule has 1 atom stereocenters. The number of rotatable bonds is 4. The lowest BCUT2D eigenvalue weighted by molar-refractivity contribution is 0.0576. The van der Waals surface area contributed by atoms with Crippen LogP contribution in [0.15, 0.2) is 48.5 Å². The summed E-state index contributed by atoms with van der Waals surface area (Å²) < 4.78 is 5.21. The zero-order valence-electron chi connectivity index (χ0n) is 11.7. The van der Waals surface area contributed by atoms with Crippen LogP contribution in [0.4, 0.5) is 0 Å². The normalized spacial score (nSPS) is 13.9. The van der Waals surface area contributed by atoms with Crippen molar-refractivity contribution in [2.45, 2.75) is 25.9 Å². The van der Waals surface area contributed by atoms with Crippen molar-refractivity contribution in [3.8, 4) is 5.75 Å². The van der Waals surface area contributed by atoms with Gasteiger partial charge in [0.2, 0.25) is 0 Å². The molecule has 0 aromatic heterocycles. The third-order valence-electron chi connectivity index (χ3n) is 3.36. The van der Waals surface area contributed by atoms with Gasteiger partial charge in [-0.05, 0) is 37.1 Å². The van der Waals surface area contributed by atoms with Crippen molar-refractivity contribution >= 4 is 0 Å². The molecule has 0 aliphatic rings. The van der Waals surface area contributed by atoms with Crippen LogP contribution in [0.1, 0.15) is 23.6 Å². The topological polar surface area (TPSA) is 29.5 Å². The monoisotopic (exact) mass is 256 g/mol. The second-order valence-corrected chi connectivity index (χ2v) is 5.17. The van der Waals surface area contributed by atoms with Gasteiger partial charge in [-0.1, -0.05) is 42.0 Å². The Hall–Kier alpha value is -1.80. The Morgan fingerprint density at radius 3 is 2.42 bits per heavy atom. The number of benzene rings is 2. The van der Waals surface area contributed by atoms with Crippen molar-refractivity contribution in [2.24, 2.45) is 0 Å². The predicted octanol–water partition coefficient (Wildman–Crippen LogP) is 3.45. The van der Waals surface area contributed by atoms with E-state index in [0.717, 1.165) is 16.9 Å². The minimum absolute atomic E-state index is 0.563. The highest BCUT2D eigenvalue weighted by atomic mass is 16.5. The quantitative estimate of drug-likeness (QED) is 0.907. The standard InChI is InChI=1S/C17H20O2/c1-13-7-9-15(10-8-13)17(2,18)12-14-5-4-6-16(11-14)19-3/h4-11,18H,12H2,1-3H3. The summed E-state index contributed by atoms with van der Waals surface area (Å²) in [5.41, 5.74) is 2.31. The zero-order chi connectivity index (χ0) is 13.9. The Morgan fingerprint density at radius 2 is 1.79 bits per heavy atom. The highest BCUT2D eigenvalue weighted by molar-refractivity contribution is 5.32. The molecule has 100 valence electrons. The van der Waals surface area contributed by atoms with E-state index in [4.69, 9.17) is 4.74 Å². The number of aliphatic hydroxyl groups is 1. The van der Waals surface area contributed by atoms with Gasteiger partial charge in [-0.25, -0.2) is 0 Å². The summed E-state index contributed by atoms with van der Waals surface area (Å²) in [6, 6.07) is 15.8. The van der Waals surface area contributed by atoms with E-state index >= 15 is 0 Å². The summed E-state index contributed by atoms with van der Waals surface area (Å²) in [7, 11) is 1.65. The molecule has 2 aromatic rings. The molecule has 2 aromatic carbocycles. The van der Waals surface area contributed by atoms with Gasteiger partial charge < -0.3 is 9.84 Å². The molecule has 0 fully saturated rings. The maximum Gasteiger partial charge on any atom is 0.119 e. The van der Waals surface area contributed by atoms with Crippen LogP contribution in [0, 0.1) is 6.92 Å². The first-order valence-corrected chi connectivity index (χ1v) is 6.44. The van der Waals surface area contributed by atoms with Gasteiger partial charge in [0.15, 0.2) is 0 Å². The van der Waals surface area contributed by atoms with Gasteiger partial charge in [0.05, 0.1) is 12.7 Å². The van der Waals surface area contributed by atoms with Gasteiger partial charge >= 0.3 is 0 Å². The molecule has 0 amide bonds. The van der Waals surface area contributed by atoms with Crippen LogP contribution in [0.5, 0.6) is 5.75 Å². The fourth-order valence-electron chi connectivity index (χ4n) is 2.19. The van der Waals surface area contributed by atoms with Crippen molar-refractivity contribution < 1.29 is 9.84 Å². The van der Waals surface area contributed by atoms with Crippen LogP contribution >= 0.6 is 0 Å². The van der Waals surface area contributed by atoms with Crippen molar-refractivity contribution in [2.75, 3.05) is 7.11 Å². The fourth-order valence-corrected chi connectivity index (χ4v) is 2.19. The maximum absolute atomic E-state index is 10.7. The largest absolute Gasteiger partial charge is 0.497 e. The van der Waals surface area contributed by atoms with Crippen LogP contribution in [-0.4, -0.2) is 12.2 Å². The van der Waals surface area contributed by atoms with Gasteiger partial charge in [0, 0.05) is 6.42 Å². The molecule has 0 aliphatic heterocycles. The molecule has 0 saturated carbocycles. The van der Waals surface area contributed by atoms with E-state index in [9.17, 15) is 5.11 Å². The first-order chi connectivity index (χ1) is 9.01. The van der Waals surface area contributed by atoms with Crippen molar-refractivity contribution in [1.82, 2.24) is 0 Å². The molecule has 0 bridgehead atoms. The van der Waals surface area contributed by atoms with Crippen LogP contribution in [0.2, 0.25) is 0 Å². The summed E-state index contributed by atoms with van der Waals surface area (Å²) in [5, 5.41) is 10.7. The maximum atomic E-state index is 10.7. The van der Waals surface area contributed by atoms with Crippen molar-refractivity contribution in [3.05, 3.63) is 65.2 Å². The van der Waals surface area contributed by atoms with E-state index in [2.05, 4.69) is 0 Å². The molecule has 1 unspecified atom stereocenters. The molecule has 0 spiro atoms.